The van der Waals surface area contributed by atoms with E-state index < -0.39 is 0 Å². The number of carbonyl (C=O) groups excluding carboxylic acids is 1. The lowest BCUT2D eigenvalue weighted by atomic mass is 10.2. The Morgan fingerprint density at radius 3 is 2.93 bits per heavy atom. The van der Waals surface area contributed by atoms with Gasteiger partial charge in [0.15, 0.2) is 0 Å². The van der Waals surface area contributed by atoms with Crippen molar-refractivity contribution in [3.8, 4) is 5.75 Å². The molecule has 0 unspecified atom stereocenters. The number of ether oxygens (including phenoxy) is 2. The second kappa shape index (κ2) is 6.06. The highest BCUT2D eigenvalue weighted by atomic mass is 16.5. The highest BCUT2D eigenvalue weighted by Gasteiger charge is 2.00. The van der Waals surface area contributed by atoms with Crippen molar-refractivity contribution in [3.05, 3.63) is 29.8 Å². The summed E-state index contributed by atoms with van der Waals surface area (Å²) in [5.74, 6) is 0.520. The van der Waals surface area contributed by atoms with Crippen molar-refractivity contribution in [1.82, 2.24) is 0 Å². The van der Waals surface area contributed by atoms with E-state index in [9.17, 15) is 4.79 Å². The zero-order chi connectivity index (χ0) is 11.1. The Morgan fingerprint density at radius 1 is 1.47 bits per heavy atom. The van der Waals surface area contributed by atoms with E-state index in [1.807, 2.05) is 25.1 Å². The van der Waals surface area contributed by atoms with E-state index in [0.29, 0.717) is 19.4 Å². The summed E-state index contributed by atoms with van der Waals surface area (Å²) in [4.78, 5) is 10.8. The molecule has 0 spiro atoms. The first kappa shape index (κ1) is 11.6. The number of aryl methyl sites for hydroxylation is 1. The normalized spacial score (nSPS) is 9.73. The largest absolute Gasteiger partial charge is 0.493 e. The Hall–Kier alpha value is -1.51. The van der Waals surface area contributed by atoms with E-state index in [-0.39, 0.29) is 5.97 Å². The minimum absolute atomic E-state index is 0.202. The van der Waals surface area contributed by atoms with Gasteiger partial charge in [0.1, 0.15) is 5.75 Å². The summed E-state index contributed by atoms with van der Waals surface area (Å²) in [5.41, 5.74) is 1.04. The maximum Gasteiger partial charge on any atom is 0.305 e. The van der Waals surface area contributed by atoms with Crippen molar-refractivity contribution in [2.75, 3.05) is 13.7 Å². The van der Waals surface area contributed by atoms with Gasteiger partial charge in [-0.2, -0.15) is 0 Å². The second-order valence-electron chi connectivity index (χ2n) is 3.23. The Kier molecular flexibility index (Phi) is 4.68. The maximum atomic E-state index is 10.8. The first-order valence-electron chi connectivity index (χ1n) is 4.91. The van der Waals surface area contributed by atoms with Crippen LogP contribution in [0.25, 0.3) is 0 Å². The summed E-state index contributed by atoms with van der Waals surface area (Å²) < 4.78 is 9.94. The Balaban J connectivity index is 2.23. The Bertz CT molecular complexity index is 320. The molecule has 0 saturated heterocycles. The number of rotatable bonds is 5. The van der Waals surface area contributed by atoms with Gasteiger partial charge in [-0.1, -0.05) is 12.1 Å². The number of carbonyl (C=O) groups is 1. The average molecular weight is 207 g/mol. The van der Waals surface area contributed by atoms with Crippen molar-refractivity contribution in [2.24, 2.45) is 0 Å². The third-order valence-corrected chi connectivity index (χ3v) is 1.92. The molecule has 0 aliphatic heterocycles. The lowest BCUT2D eigenvalue weighted by Gasteiger charge is -2.05. The molecule has 0 heterocycles. The van der Waals surface area contributed by atoms with E-state index in [4.69, 9.17) is 4.74 Å². The Morgan fingerprint density at radius 2 is 2.27 bits per heavy atom. The summed E-state index contributed by atoms with van der Waals surface area (Å²) in [6.45, 7) is 2.47. The van der Waals surface area contributed by atoms with Crippen LogP contribution in [0.1, 0.15) is 18.4 Å². The summed E-state index contributed by atoms with van der Waals surface area (Å²) in [6.07, 6.45) is 1.05. The zero-order valence-electron chi connectivity index (χ0n) is 9.08. The molecule has 0 aliphatic rings. The monoisotopic (exact) mass is 207 g/mol. The van der Waals surface area contributed by atoms with Crippen molar-refractivity contribution < 1.29 is 14.3 Å². The first-order chi connectivity index (χ1) is 7.22. The molecule has 1 radical (unpaired) electrons. The van der Waals surface area contributed by atoms with Crippen molar-refractivity contribution in [1.29, 1.82) is 0 Å². The molecular weight excluding hydrogens is 192 g/mol. The number of hydrogen-bond donors (Lipinski definition) is 0. The number of hydrogen-bond acceptors (Lipinski definition) is 3. The van der Waals surface area contributed by atoms with E-state index in [2.05, 4.69) is 10.8 Å². The van der Waals surface area contributed by atoms with Gasteiger partial charge in [-0.25, -0.2) is 0 Å². The SMILES string of the molecule is COC(=O)CCCOc1[c]c(C)ccc1. The van der Waals surface area contributed by atoms with Crippen LogP contribution in [0.5, 0.6) is 5.75 Å². The van der Waals surface area contributed by atoms with Gasteiger partial charge in [-0.15, -0.1) is 0 Å². The average Bonchev–Trinajstić information content (AvgIpc) is 2.24. The molecule has 0 bridgehead atoms. The first-order valence-corrected chi connectivity index (χ1v) is 4.91. The van der Waals surface area contributed by atoms with Gasteiger partial charge in [0.05, 0.1) is 13.7 Å². The Labute approximate surface area is 90.0 Å². The summed E-state index contributed by atoms with van der Waals surface area (Å²) in [6, 6.07) is 8.80. The van der Waals surface area contributed by atoms with Crippen molar-refractivity contribution in [3.63, 3.8) is 0 Å². The lowest BCUT2D eigenvalue weighted by molar-refractivity contribution is -0.140. The van der Waals surface area contributed by atoms with Gasteiger partial charge >= 0.3 is 5.97 Å². The quantitative estimate of drug-likeness (QED) is 0.548. The molecule has 3 nitrogen and oxygen atoms in total. The molecule has 81 valence electrons. The maximum absolute atomic E-state index is 10.8. The van der Waals surface area contributed by atoms with Crippen LogP contribution in [0.4, 0.5) is 0 Å². The van der Waals surface area contributed by atoms with E-state index in [1.165, 1.54) is 7.11 Å². The molecule has 1 aromatic rings. The van der Waals surface area contributed by atoms with Gasteiger partial charge in [0.2, 0.25) is 0 Å². The molecule has 0 aromatic heterocycles. The molecule has 0 N–H and O–H groups in total. The van der Waals surface area contributed by atoms with Gasteiger partial charge in [0.25, 0.3) is 0 Å². The predicted molar refractivity (Wildman–Crippen MR) is 56.8 cm³/mol. The topological polar surface area (TPSA) is 35.5 Å². The molecule has 1 aromatic carbocycles. The summed E-state index contributed by atoms with van der Waals surface area (Å²) >= 11 is 0. The minimum Gasteiger partial charge on any atom is -0.493 e. The molecule has 15 heavy (non-hydrogen) atoms. The molecular formula is C12H15O3. The van der Waals surface area contributed by atoms with Crippen molar-refractivity contribution in [2.45, 2.75) is 19.8 Å². The van der Waals surface area contributed by atoms with Crippen LogP contribution in [0.2, 0.25) is 0 Å². The van der Waals surface area contributed by atoms with E-state index in [1.54, 1.807) is 0 Å². The van der Waals surface area contributed by atoms with Crippen molar-refractivity contribution >= 4 is 5.97 Å². The third-order valence-electron chi connectivity index (χ3n) is 1.92. The van der Waals surface area contributed by atoms with Gasteiger partial charge < -0.3 is 9.47 Å². The summed E-state index contributed by atoms with van der Waals surface area (Å²) in [7, 11) is 1.39. The van der Waals surface area contributed by atoms with Gasteiger partial charge in [0, 0.05) is 12.5 Å². The third kappa shape index (κ3) is 4.49. The zero-order valence-corrected chi connectivity index (χ0v) is 9.08. The highest BCUT2D eigenvalue weighted by Crippen LogP contribution is 2.11. The molecule has 1 rings (SSSR count). The van der Waals surface area contributed by atoms with E-state index in [0.717, 1.165) is 11.3 Å². The van der Waals surface area contributed by atoms with Crippen LogP contribution in [-0.4, -0.2) is 19.7 Å². The second-order valence-corrected chi connectivity index (χ2v) is 3.23. The molecule has 0 atom stereocenters. The van der Waals surface area contributed by atoms with Crippen LogP contribution in [0.3, 0.4) is 0 Å². The molecule has 0 amide bonds. The van der Waals surface area contributed by atoms with E-state index >= 15 is 0 Å². The van der Waals surface area contributed by atoms with Gasteiger partial charge in [-0.3, -0.25) is 4.79 Å². The predicted octanol–water partition coefficient (Wildman–Crippen LogP) is 2.13. The number of methoxy groups -OCH3 is 1. The lowest BCUT2D eigenvalue weighted by Crippen LogP contribution is -2.04. The number of esters is 1. The van der Waals surface area contributed by atoms with Crippen LogP contribution in [0.15, 0.2) is 18.2 Å². The van der Waals surface area contributed by atoms with Crippen LogP contribution in [0, 0.1) is 13.0 Å². The fourth-order valence-electron chi connectivity index (χ4n) is 1.14. The molecule has 3 heteroatoms. The highest BCUT2D eigenvalue weighted by molar-refractivity contribution is 5.68. The fourth-order valence-corrected chi connectivity index (χ4v) is 1.14. The van der Waals surface area contributed by atoms with Gasteiger partial charge in [-0.05, 0) is 25.0 Å². The molecule has 0 aliphatic carbocycles. The molecule has 0 saturated carbocycles. The number of benzene rings is 1. The summed E-state index contributed by atoms with van der Waals surface area (Å²) in [5, 5.41) is 0. The molecule has 0 fully saturated rings. The van der Waals surface area contributed by atoms with Crippen LogP contribution < -0.4 is 4.74 Å². The smallest absolute Gasteiger partial charge is 0.305 e. The van der Waals surface area contributed by atoms with Crippen LogP contribution >= 0.6 is 0 Å². The van der Waals surface area contributed by atoms with Crippen LogP contribution in [-0.2, 0) is 9.53 Å². The standard InChI is InChI=1S/C12H15O3/c1-10-5-3-6-11(9-10)15-8-4-7-12(13)14-2/h3,5-6H,4,7-8H2,1-2H3. The minimum atomic E-state index is -0.202. The fraction of sp³-hybridized carbons (Fsp3) is 0.417.